The van der Waals surface area contributed by atoms with Gasteiger partial charge in [0.25, 0.3) is 5.91 Å². The van der Waals surface area contributed by atoms with Crippen LogP contribution in [0.4, 0.5) is 5.69 Å². The predicted molar refractivity (Wildman–Crippen MR) is 118 cm³/mol. The summed E-state index contributed by atoms with van der Waals surface area (Å²) in [7, 11) is -0.829. The lowest BCUT2D eigenvalue weighted by atomic mass is 10.1. The van der Waals surface area contributed by atoms with Crippen molar-refractivity contribution in [2.24, 2.45) is 0 Å². The molecule has 0 aliphatic heterocycles. The van der Waals surface area contributed by atoms with Crippen LogP contribution in [0.15, 0.2) is 53.4 Å². The quantitative estimate of drug-likeness (QED) is 0.665. The summed E-state index contributed by atoms with van der Waals surface area (Å²) < 4.78 is 25.9. The van der Waals surface area contributed by atoms with Gasteiger partial charge in [0.1, 0.15) is 6.04 Å². The minimum absolute atomic E-state index is 0.0193. The number of benzene rings is 2. The molecule has 1 atom stereocenters. The fraction of sp³-hybridized carbons (Fsp3) is 0.333. The van der Waals surface area contributed by atoms with Crippen LogP contribution in [0, 0.1) is 0 Å². The summed E-state index contributed by atoms with van der Waals surface area (Å²) in [6.07, 6.45) is 0.635. The molecule has 162 valence electrons. The molecule has 0 spiro atoms. The third-order valence-electron chi connectivity index (χ3n) is 4.52. The van der Waals surface area contributed by atoms with E-state index in [-0.39, 0.29) is 16.4 Å². The third-order valence-corrected chi connectivity index (χ3v) is 6.57. The zero-order chi connectivity index (χ0) is 22.5. The molecule has 0 aliphatic carbocycles. The summed E-state index contributed by atoms with van der Waals surface area (Å²) in [6.45, 7) is 3.87. The molecule has 0 aliphatic rings. The first kappa shape index (κ1) is 23.9. The van der Waals surface area contributed by atoms with Gasteiger partial charge in [0.2, 0.25) is 15.9 Å². The Hall–Kier alpha value is -2.42. The topological polar surface area (TPSA) is 86.8 Å². The molecule has 0 aromatic heterocycles. The van der Waals surface area contributed by atoms with E-state index in [0.717, 1.165) is 4.31 Å². The van der Waals surface area contributed by atoms with Gasteiger partial charge in [-0.05, 0) is 49.7 Å². The minimum Gasteiger partial charge on any atom is -0.327 e. The molecule has 0 heterocycles. The standard InChI is InChI=1S/C21H26ClN3O4S/c1-5-12-25(15(2)20(26)23-18-10-7-9-17(22)14-18)21(27)16-8-6-11-19(13-16)30(28,29)24(3)4/h6-11,13-15H,5,12H2,1-4H3,(H,23,26). The largest absolute Gasteiger partial charge is 0.327 e. The highest BCUT2D eigenvalue weighted by Gasteiger charge is 2.27. The number of amides is 2. The number of nitrogens with one attached hydrogen (secondary N) is 1. The number of hydrogen-bond acceptors (Lipinski definition) is 4. The number of hydrogen-bond donors (Lipinski definition) is 1. The van der Waals surface area contributed by atoms with Crippen molar-refractivity contribution in [3.63, 3.8) is 0 Å². The highest BCUT2D eigenvalue weighted by atomic mass is 35.5. The van der Waals surface area contributed by atoms with Crippen molar-refractivity contribution in [3.8, 4) is 0 Å². The van der Waals surface area contributed by atoms with Crippen molar-refractivity contribution in [2.75, 3.05) is 26.0 Å². The van der Waals surface area contributed by atoms with Gasteiger partial charge in [-0.15, -0.1) is 0 Å². The monoisotopic (exact) mass is 451 g/mol. The van der Waals surface area contributed by atoms with E-state index in [0.29, 0.717) is 23.7 Å². The Labute approximate surface area is 182 Å². The Morgan fingerprint density at radius 2 is 1.77 bits per heavy atom. The van der Waals surface area contributed by atoms with Crippen LogP contribution in [0.5, 0.6) is 0 Å². The van der Waals surface area contributed by atoms with Gasteiger partial charge >= 0.3 is 0 Å². The number of anilines is 1. The molecule has 30 heavy (non-hydrogen) atoms. The van der Waals surface area contributed by atoms with Crippen molar-refractivity contribution in [3.05, 3.63) is 59.1 Å². The molecule has 0 fully saturated rings. The minimum atomic E-state index is -3.68. The van der Waals surface area contributed by atoms with Crippen molar-refractivity contribution < 1.29 is 18.0 Å². The zero-order valence-electron chi connectivity index (χ0n) is 17.4. The summed E-state index contributed by atoms with van der Waals surface area (Å²) in [5.74, 6) is -0.780. The van der Waals surface area contributed by atoms with Crippen LogP contribution in [0.3, 0.4) is 0 Å². The number of carbonyl (C=O) groups excluding carboxylic acids is 2. The molecule has 1 unspecified atom stereocenters. The molecule has 2 aromatic rings. The SMILES string of the molecule is CCCN(C(=O)c1cccc(S(=O)(=O)N(C)C)c1)C(C)C(=O)Nc1cccc(Cl)c1. The first-order chi connectivity index (χ1) is 14.1. The molecular weight excluding hydrogens is 426 g/mol. The lowest BCUT2D eigenvalue weighted by Gasteiger charge is -2.28. The molecule has 0 bridgehead atoms. The second kappa shape index (κ2) is 10.1. The lowest BCUT2D eigenvalue weighted by molar-refractivity contribution is -0.120. The molecule has 7 nitrogen and oxygen atoms in total. The van der Waals surface area contributed by atoms with E-state index in [4.69, 9.17) is 11.6 Å². The number of rotatable bonds is 8. The van der Waals surface area contributed by atoms with Crippen LogP contribution < -0.4 is 5.32 Å². The third kappa shape index (κ3) is 5.59. The smallest absolute Gasteiger partial charge is 0.254 e. The second-order valence-corrected chi connectivity index (χ2v) is 9.58. The Kier molecular flexibility index (Phi) is 8.00. The highest BCUT2D eigenvalue weighted by molar-refractivity contribution is 7.89. The average Bonchev–Trinajstić information content (AvgIpc) is 2.71. The van der Waals surface area contributed by atoms with E-state index >= 15 is 0 Å². The first-order valence-corrected chi connectivity index (χ1v) is 11.3. The van der Waals surface area contributed by atoms with E-state index in [2.05, 4.69) is 5.32 Å². The van der Waals surface area contributed by atoms with E-state index in [1.807, 2.05) is 6.92 Å². The Balaban J connectivity index is 2.28. The van der Waals surface area contributed by atoms with Gasteiger partial charge < -0.3 is 10.2 Å². The maximum absolute atomic E-state index is 13.2. The lowest BCUT2D eigenvalue weighted by Crippen LogP contribution is -2.46. The van der Waals surface area contributed by atoms with Gasteiger partial charge in [-0.1, -0.05) is 30.7 Å². The van der Waals surface area contributed by atoms with E-state index in [1.165, 1.54) is 37.2 Å². The van der Waals surface area contributed by atoms with Gasteiger partial charge in [-0.3, -0.25) is 9.59 Å². The average molecular weight is 452 g/mol. The first-order valence-electron chi connectivity index (χ1n) is 9.48. The van der Waals surface area contributed by atoms with Crippen LogP contribution in [-0.2, 0) is 14.8 Å². The van der Waals surface area contributed by atoms with Gasteiger partial charge in [0, 0.05) is 36.9 Å². The Bertz CT molecular complexity index is 1020. The molecule has 9 heteroatoms. The number of carbonyl (C=O) groups is 2. The molecule has 1 N–H and O–H groups in total. The van der Waals surface area contributed by atoms with Gasteiger partial charge in [0.15, 0.2) is 0 Å². The normalized spacial score (nSPS) is 12.5. The van der Waals surface area contributed by atoms with Gasteiger partial charge in [-0.25, -0.2) is 12.7 Å². The van der Waals surface area contributed by atoms with Crippen LogP contribution in [0.25, 0.3) is 0 Å². The van der Waals surface area contributed by atoms with Crippen LogP contribution in [0.1, 0.15) is 30.6 Å². The number of sulfonamides is 1. The van der Waals surface area contributed by atoms with Crippen molar-refractivity contribution >= 4 is 39.1 Å². The number of halogens is 1. The maximum atomic E-state index is 13.2. The van der Waals surface area contributed by atoms with Gasteiger partial charge in [0.05, 0.1) is 4.90 Å². The van der Waals surface area contributed by atoms with Crippen LogP contribution in [0.2, 0.25) is 5.02 Å². The molecule has 0 saturated carbocycles. The van der Waals surface area contributed by atoms with E-state index in [9.17, 15) is 18.0 Å². The zero-order valence-corrected chi connectivity index (χ0v) is 19.0. The van der Waals surface area contributed by atoms with Crippen molar-refractivity contribution in [2.45, 2.75) is 31.2 Å². The summed E-state index contributed by atoms with van der Waals surface area (Å²) in [5, 5.41) is 3.25. The summed E-state index contributed by atoms with van der Waals surface area (Å²) in [5.41, 5.74) is 0.733. The molecular formula is C21H26ClN3O4S. The van der Waals surface area contributed by atoms with Crippen LogP contribution >= 0.6 is 11.6 Å². The number of nitrogens with zero attached hydrogens (tertiary/aromatic N) is 2. The summed E-state index contributed by atoms with van der Waals surface area (Å²) in [4.78, 5) is 27.3. The van der Waals surface area contributed by atoms with Crippen molar-refractivity contribution in [1.82, 2.24) is 9.21 Å². The summed E-state index contributed by atoms with van der Waals surface area (Å²) in [6, 6.07) is 11.8. The predicted octanol–water partition coefficient (Wildman–Crippen LogP) is 3.47. The molecule has 0 radical (unpaired) electrons. The van der Waals surface area contributed by atoms with Gasteiger partial charge in [-0.2, -0.15) is 0 Å². The molecule has 0 saturated heterocycles. The second-order valence-electron chi connectivity index (χ2n) is 6.99. The maximum Gasteiger partial charge on any atom is 0.254 e. The Morgan fingerprint density at radius 1 is 1.10 bits per heavy atom. The van der Waals surface area contributed by atoms with Crippen molar-refractivity contribution in [1.29, 1.82) is 0 Å². The Morgan fingerprint density at radius 3 is 2.37 bits per heavy atom. The molecule has 2 aromatic carbocycles. The van der Waals surface area contributed by atoms with Crippen LogP contribution in [-0.4, -0.2) is 56.1 Å². The molecule has 2 rings (SSSR count). The highest BCUT2D eigenvalue weighted by Crippen LogP contribution is 2.19. The van der Waals surface area contributed by atoms with E-state index < -0.39 is 22.0 Å². The fourth-order valence-electron chi connectivity index (χ4n) is 2.83. The fourth-order valence-corrected chi connectivity index (χ4v) is 3.97. The molecule has 2 amide bonds. The van der Waals surface area contributed by atoms with E-state index in [1.54, 1.807) is 37.3 Å². The summed E-state index contributed by atoms with van der Waals surface area (Å²) >= 11 is 5.96.